The summed E-state index contributed by atoms with van der Waals surface area (Å²) in [4.78, 5) is 3.76. The zero-order valence-corrected chi connectivity index (χ0v) is 11.5. The van der Waals surface area contributed by atoms with Crippen LogP contribution in [0.3, 0.4) is 0 Å². The van der Waals surface area contributed by atoms with E-state index in [0.29, 0.717) is 0 Å². The SMILES string of the molecule is CCCNC(C)c1ccc(-n2cnc(C#N)n2)c(F)c1. The summed E-state index contributed by atoms with van der Waals surface area (Å²) >= 11 is 0. The molecule has 1 atom stereocenters. The van der Waals surface area contributed by atoms with Gasteiger partial charge in [-0.2, -0.15) is 5.26 Å². The highest BCUT2D eigenvalue weighted by atomic mass is 19.1. The van der Waals surface area contributed by atoms with Gasteiger partial charge in [-0.3, -0.25) is 0 Å². The Morgan fingerprint density at radius 3 is 2.90 bits per heavy atom. The zero-order valence-electron chi connectivity index (χ0n) is 11.5. The molecule has 0 saturated carbocycles. The Morgan fingerprint density at radius 2 is 2.30 bits per heavy atom. The summed E-state index contributed by atoms with van der Waals surface area (Å²) in [5, 5.41) is 15.9. The Bertz CT molecular complexity index is 629. The standard InChI is InChI=1S/C14H16FN5/c1-3-6-17-10(2)11-4-5-13(12(15)7-11)20-9-18-14(8-16)19-20/h4-5,7,9-10,17H,3,6H2,1-2H3. The van der Waals surface area contributed by atoms with Gasteiger partial charge in [0, 0.05) is 6.04 Å². The van der Waals surface area contributed by atoms with E-state index in [0.717, 1.165) is 18.5 Å². The lowest BCUT2D eigenvalue weighted by Crippen LogP contribution is -2.19. The first-order chi connectivity index (χ1) is 9.65. The van der Waals surface area contributed by atoms with Gasteiger partial charge in [-0.05, 0) is 37.6 Å². The number of hydrogen-bond acceptors (Lipinski definition) is 4. The van der Waals surface area contributed by atoms with Crippen LogP contribution in [-0.4, -0.2) is 21.3 Å². The molecule has 0 amide bonds. The topological polar surface area (TPSA) is 66.5 Å². The minimum atomic E-state index is -0.387. The molecule has 6 heteroatoms. The first-order valence-electron chi connectivity index (χ1n) is 6.50. The van der Waals surface area contributed by atoms with Crippen LogP contribution in [0, 0.1) is 17.1 Å². The highest BCUT2D eigenvalue weighted by Gasteiger charge is 2.11. The zero-order chi connectivity index (χ0) is 14.5. The number of nitrogens with one attached hydrogen (secondary N) is 1. The van der Waals surface area contributed by atoms with E-state index >= 15 is 0 Å². The molecule has 0 aliphatic rings. The maximum atomic E-state index is 14.1. The molecule has 1 unspecified atom stereocenters. The Balaban J connectivity index is 2.23. The quantitative estimate of drug-likeness (QED) is 0.908. The fourth-order valence-electron chi connectivity index (χ4n) is 1.89. The van der Waals surface area contributed by atoms with Crippen molar-refractivity contribution in [2.24, 2.45) is 0 Å². The lowest BCUT2D eigenvalue weighted by Gasteiger charge is -2.14. The number of nitriles is 1. The van der Waals surface area contributed by atoms with E-state index in [1.807, 2.05) is 19.1 Å². The fraction of sp³-hybridized carbons (Fsp3) is 0.357. The predicted octanol–water partition coefficient (Wildman–Crippen LogP) is 2.34. The van der Waals surface area contributed by atoms with Crippen LogP contribution in [0.5, 0.6) is 0 Å². The largest absolute Gasteiger partial charge is 0.310 e. The molecule has 0 radical (unpaired) electrons. The van der Waals surface area contributed by atoms with Gasteiger partial charge in [0.25, 0.3) is 5.82 Å². The first kappa shape index (κ1) is 14.2. The Labute approximate surface area is 117 Å². The predicted molar refractivity (Wildman–Crippen MR) is 72.7 cm³/mol. The van der Waals surface area contributed by atoms with E-state index in [9.17, 15) is 4.39 Å². The molecule has 0 aliphatic carbocycles. The van der Waals surface area contributed by atoms with Crippen LogP contribution in [0.25, 0.3) is 5.69 Å². The maximum Gasteiger partial charge on any atom is 0.252 e. The number of halogens is 1. The average molecular weight is 273 g/mol. The lowest BCUT2D eigenvalue weighted by molar-refractivity contribution is 0.559. The van der Waals surface area contributed by atoms with Crippen molar-refractivity contribution in [1.29, 1.82) is 5.26 Å². The van der Waals surface area contributed by atoms with Gasteiger partial charge in [0.1, 0.15) is 23.9 Å². The van der Waals surface area contributed by atoms with Crippen LogP contribution < -0.4 is 5.32 Å². The average Bonchev–Trinajstić information content (AvgIpc) is 2.93. The number of rotatable bonds is 5. The van der Waals surface area contributed by atoms with Crippen molar-refractivity contribution in [2.45, 2.75) is 26.3 Å². The second-order valence-electron chi connectivity index (χ2n) is 4.51. The summed E-state index contributed by atoms with van der Waals surface area (Å²) in [6.07, 6.45) is 2.36. The molecule has 2 rings (SSSR count). The summed E-state index contributed by atoms with van der Waals surface area (Å²) in [6.45, 7) is 4.97. The Hall–Kier alpha value is -2.26. The second kappa shape index (κ2) is 6.26. The van der Waals surface area contributed by atoms with Crippen LogP contribution in [0.2, 0.25) is 0 Å². The van der Waals surface area contributed by atoms with E-state index in [2.05, 4.69) is 22.3 Å². The fourth-order valence-corrected chi connectivity index (χ4v) is 1.89. The van der Waals surface area contributed by atoms with Crippen molar-refractivity contribution in [3.63, 3.8) is 0 Å². The molecule has 1 aromatic carbocycles. The molecule has 2 aromatic rings. The molecule has 0 fully saturated rings. The molecule has 1 N–H and O–H groups in total. The number of hydrogen-bond donors (Lipinski definition) is 1. The van der Waals surface area contributed by atoms with Crippen LogP contribution in [0.15, 0.2) is 24.5 Å². The molecule has 0 spiro atoms. The van der Waals surface area contributed by atoms with Gasteiger partial charge in [-0.15, -0.1) is 5.10 Å². The van der Waals surface area contributed by atoms with Crippen molar-refractivity contribution in [2.75, 3.05) is 6.54 Å². The van der Waals surface area contributed by atoms with E-state index in [-0.39, 0.29) is 23.4 Å². The smallest absolute Gasteiger partial charge is 0.252 e. The van der Waals surface area contributed by atoms with E-state index in [1.165, 1.54) is 17.1 Å². The summed E-state index contributed by atoms with van der Waals surface area (Å²) in [5.41, 5.74) is 1.16. The molecule has 0 aliphatic heterocycles. The minimum Gasteiger partial charge on any atom is -0.310 e. The third kappa shape index (κ3) is 3.00. The van der Waals surface area contributed by atoms with Crippen LogP contribution in [-0.2, 0) is 0 Å². The molecule has 5 nitrogen and oxygen atoms in total. The molecule has 104 valence electrons. The summed E-state index contributed by atoms with van der Waals surface area (Å²) < 4.78 is 15.4. The van der Waals surface area contributed by atoms with Gasteiger partial charge < -0.3 is 5.32 Å². The second-order valence-corrected chi connectivity index (χ2v) is 4.51. The lowest BCUT2D eigenvalue weighted by atomic mass is 10.1. The normalized spacial score (nSPS) is 12.1. The third-order valence-electron chi connectivity index (χ3n) is 3.01. The monoisotopic (exact) mass is 273 g/mol. The number of nitrogens with zero attached hydrogens (tertiary/aromatic N) is 4. The van der Waals surface area contributed by atoms with E-state index in [4.69, 9.17) is 5.26 Å². The number of aromatic nitrogens is 3. The Kier molecular flexibility index (Phi) is 4.43. The molecule has 0 saturated heterocycles. The van der Waals surface area contributed by atoms with E-state index < -0.39 is 0 Å². The minimum absolute atomic E-state index is 0.0199. The van der Waals surface area contributed by atoms with Gasteiger partial charge in [0.15, 0.2) is 0 Å². The van der Waals surface area contributed by atoms with Gasteiger partial charge >= 0.3 is 0 Å². The summed E-state index contributed by atoms with van der Waals surface area (Å²) in [6, 6.07) is 6.87. The molecule has 0 bridgehead atoms. The maximum absolute atomic E-state index is 14.1. The van der Waals surface area contributed by atoms with Crippen LogP contribution in [0.4, 0.5) is 4.39 Å². The Morgan fingerprint density at radius 1 is 1.50 bits per heavy atom. The van der Waals surface area contributed by atoms with Crippen molar-refractivity contribution in [3.8, 4) is 11.8 Å². The van der Waals surface area contributed by atoms with Crippen LogP contribution in [0.1, 0.15) is 37.7 Å². The van der Waals surface area contributed by atoms with Gasteiger partial charge in [-0.25, -0.2) is 14.1 Å². The van der Waals surface area contributed by atoms with Gasteiger partial charge in [0.2, 0.25) is 0 Å². The highest BCUT2D eigenvalue weighted by molar-refractivity contribution is 5.36. The summed E-state index contributed by atoms with van der Waals surface area (Å²) in [5.74, 6) is -0.367. The van der Waals surface area contributed by atoms with E-state index in [1.54, 1.807) is 6.07 Å². The molecule has 20 heavy (non-hydrogen) atoms. The molecule has 1 aromatic heterocycles. The highest BCUT2D eigenvalue weighted by Crippen LogP contribution is 2.19. The summed E-state index contributed by atoms with van der Waals surface area (Å²) in [7, 11) is 0. The number of benzene rings is 1. The van der Waals surface area contributed by atoms with Crippen molar-refractivity contribution in [3.05, 3.63) is 41.7 Å². The first-order valence-corrected chi connectivity index (χ1v) is 6.50. The molecule has 1 heterocycles. The molecular formula is C14H16FN5. The van der Waals surface area contributed by atoms with Crippen LogP contribution >= 0.6 is 0 Å². The molecular weight excluding hydrogens is 257 g/mol. The van der Waals surface area contributed by atoms with Crippen molar-refractivity contribution in [1.82, 2.24) is 20.1 Å². The van der Waals surface area contributed by atoms with Gasteiger partial charge in [-0.1, -0.05) is 13.0 Å². The van der Waals surface area contributed by atoms with Crippen molar-refractivity contribution < 1.29 is 4.39 Å². The van der Waals surface area contributed by atoms with Crippen molar-refractivity contribution >= 4 is 0 Å². The third-order valence-corrected chi connectivity index (χ3v) is 3.01. The van der Waals surface area contributed by atoms with Gasteiger partial charge in [0.05, 0.1) is 0 Å².